The zero-order valence-corrected chi connectivity index (χ0v) is 43.3. The van der Waals surface area contributed by atoms with Gasteiger partial charge in [-0.05, 0) is 140 Å². The van der Waals surface area contributed by atoms with Gasteiger partial charge in [-0.2, -0.15) is 0 Å². The van der Waals surface area contributed by atoms with E-state index in [-0.39, 0.29) is 25.0 Å². The summed E-state index contributed by atoms with van der Waals surface area (Å²) in [4.78, 5) is 66.0. The van der Waals surface area contributed by atoms with E-state index in [0.29, 0.717) is 31.5 Å². The number of hydrogen-bond donors (Lipinski definition) is 3. The van der Waals surface area contributed by atoms with Crippen LogP contribution in [0.2, 0.25) is 0 Å². The zero-order chi connectivity index (χ0) is 47.4. The van der Waals surface area contributed by atoms with Crippen LogP contribution in [0.4, 0.5) is 14.4 Å². The Hall–Kier alpha value is -3.77. The van der Waals surface area contributed by atoms with Gasteiger partial charge in [-0.1, -0.05) is 28.1 Å². The molecule has 0 bridgehead atoms. The molecule has 0 fully saturated rings. The molecule has 0 saturated heterocycles. The minimum atomic E-state index is -1.06. The number of hydrogen-bond acceptors (Lipinski definition) is 14. The molecule has 17 nitrogen and oxygen atoms in total. The first-order valence-corrected chi connectivity index (χ1v) is 22.1. The van der Waals surface area contributed by atoms with Crippen molar-refractivity contribution in [3.63, 3.8) is 0 Å². The van der Waals surface area contributed by atoms with Gasteiger partial charge in [-0.3, -0.25) is 9.59 Å². The van der Waals surface area contributed by atoms with Crippen LogP contribution in [-0.4, -0.2) is 114 Å². The number of carbonyl (C=O) groups excluding carboxylic acids is 5. The highest BCUT2D eigenvalue weighted by Crippen LogP contribution is 2.16. The maximum Gasteiger partial charge on any atom is 0.519 e. The Balaban J connectivity index is 0. The van der Waals surface area contributed by atoms with Gasteiger partial charge < -0.3 is 49.7 Å². The average Bonchev–Trinajstić information content (AvgIpc) is 3.13. The number of nitrogens with zero attached hydrogens (tertiary/aromatic N) is 3. The summed E-state index contributed by atoms with van der Waals surface area (Å²) in [6, 6.07) is 7.55. The number of amides is 3. The Morgan fingerprint density at radius 1 is 0.705 bits per heavy atom. The van der Waals surface area contributed by atoms with E-state index in [1.807, 2.05) is 32.0 Å². The van der Waals surface area contributed by atoms with Crippen LogP contribution in [0, 0.1) is 21.0 Å². The number of nitrogens with one attached hydrogen (secondary N) is 2. The highest BCUT2D eigenvalue weighted by molar-refractivity contribution is 14.1. The molecule has 0 saturated carbocycles. The molecule has 2 aromatic heterocycles. The summed E-state index contributed by atoms with van der Waals surface area (Å²) in [5, 5.41) is 5.66. The number of rotatable bonds is 12. The summed E-state index contributed by atoms with van der Waals surface area (Å²) in [6.07, 6.45) is 3.62. The molecule has 0 unspecified atom stereocenters. The van der Waals surface area contributed by atoms with Crippen LogP contribution >= 0.6 is 61.1 Å². The highest BCUT2D eigenvalue weighted by Gasteiger charge is 2.24. The van der Waals surface area contributed by atoms with Gasteiger partial charge in [0, 0.05) is 57.9 Å². The van der Waals surface area contributed by atoms with Crippen LogP contribution in [0.15, 0.2) is 48.6 Å². The zero-order valence-electron chi connectivity index (χ0n) is 37.4. The van der Waals surface area contributed by atoms with Crippen molar-refractivity contribution in [2.75, 3.05) is 52.3 Å². The second-order valence-corrected chi connectivity index (χ2v) is 18.0. The minimum absolute atomic E-state index is 0.0653. The fraction of sp³-hybridized carbons (Fsp3) is 0.537. The number of carbonyl (C=O) groups is 5. The van der Waals surface area contributed by atoms with Gasteiger partial charge in [0.15, 0.2) is 0 Å². The van der Waals surface area contributed by atoms with Crippen molar-refractivity contribution in [3.05, 3.63) is 67.1 Å². The fourth-order valence-electron chi connectivity index (χ4n) is 3.43. The Morgan fingerprint density at radius 3 is 1.48 bits per heavy atom. The molecule has 2 aromatic rings. The van der Waals surface area contributed by atoms with Gasteiger partial charge in [-0.15, -0.1) is 0 Å². The predicted octanol–water partition coefficient (Wildman–Crippen LogP) is 7.80. The molecule has 344 valence electrons. The van der Waals surface area contributed by atoms with E-state index >= 15 is 0 Å². The fourth-order valence-corrected chi connectivity index (χ4v) is 4.21. The molecule has 4 N–H and O–H groups in total. The first kappa shape index (κ1) is 59.3. The maximum absolute atomic E-state index is 12.3. The number of alkyl halides is 1. The van der Waals surface area contributed by atoms with Crippen LogP contribution in [0.3, 0.4) is 0 Å². The lowest BCUT2D eigenvalue weighted by Gasteiger charge is -2.26. The second kappa shape index (κ2) is 31.1. The first-order chi connectivity index (χ1) is 28.2. The van der Waals surface area contributed by atoms with E-state index in [4.69, 9.17) is 29.4 Å². The van der Waals surface area contributed by atoms with E-state index in [1.165, 1.54) is 17.1 Å². The number of aromatic nitrogens is 2. The van der Waals surface area contributed by atoms with E-state index in [2.05, 4.69) is 86.5 Å². The Morgan fingerprint density at radius 2 is 1.11 bits per heavy atom. The molecule has 0 spiro atoms. The van der Waals surface area contributed by atoms with E-state index < -0.39 is 35.2 Å². The van der Waals surface area contributed by atoms with Crippen LogP contribution in [-0.2, 0) is 28.5 Å². The summed E-state index contributed by atoms with van der Waals surface area (Å²) in [5.41, 5.74) is 5.18. The van der Waals surface area contributed by atoms with Crippen molar-refractivity contribution in [2.45, 2.75) is 93.0 Å². The molecule has 20 heteroatoms. The molecular formula is C41H63BrI2N6O11. The van der Waals surface area contributed by atoms with Crippen molar-refractivity contribution in [1.82, 2.24) is 25.5 Å². The molecule has 2 rings (SSSR count). The quantitative estimate of drug-likeness (QED) is 0.0461. The Bertz CT molecular complexity index is 1700. The van der Waals surface area contributed by atoms with E-state index in [0.717, 1.165) is 23.9 Å². The number of allylic oxidation sites excluding steroid dienone is 1. The lowest BCUT2D eigenvalue weighted by atomic mass is 10.2. The van der Waals surface area contributed by atoms with Gasteiger partial charge in [0.2, 0.25) is 23.6 Å². The average molecular weight is 1150 g/mol. The van der Waals surface area contributed by atoms with Gasteiger partial charge in [0.1, 0.15) is 30.0 Å². The Kier molecular flexibility index (Phi) is 30.3. The standard InChI is InChI=1S/C18H26IN3O4.C10H18O5.C8H11IN2O.C5H8BrNO/c1-13-14(19)8-9-16(21-13)25-12-11-22(10-6-7-15(23)20-5)17(24)26-18(2,3)4;1-9(2,3)14-7(11)13-8(12)15-10(4,5)6;1-6-7(9)2-3-8(11-6)12-5-4-10;1-7-5(8)3-2-4-6/h6-9H,10-12H2,1-5H3,(H,20,23);1-6H3;2-3H,4-5,10H2,1H3;2-3H,4H2,1H3,(H,7,8)/b7-6+;;;3-2+. The minimum Gasteiger partial charge on any atom is -0.476 e. The van der Waals surface area contributed by atoms with Gasteiger partial charge in [0.25, 0.3) is 0 Å². The third-order valence-corrected chi connectivity index (χ3v) is 8.67. The monoisotopic (exact) mass is 1150 g/mol. The number of likely N-dealkylation sites (N-methyl/N-ethyl adjacent to an activating group) is 2. The van der Waals surface area contributed by atoms with Crippen molar-refractivity contribution in [1.29, 1.82) is 0 Å². The summed E-state index contributed by atoms with van der Waals surface area (Å²) in [6.45, 7) is 21.1. The SMILES string of the molecule is CC(C)(C)OC(=O)OC(=O)OC(C)(C)C.CNC(=O)/C=C/CBr.CNC(=O)/C=C/CN(CCOc1ccc(I)c(C)n1)C(=O)OC(C)(C)C.Cc1nc(OCCN)ccc1I. The van der Waals surface area contributed by atoms with Crippen molar-refractivity contribution in [3.8, 4) is 11.8 Å². The molecule has 0 atom stereocenters. The molecule has 0 aromatic carbocycles. The summed E-state index contributed by atoms with van der Waals surface area (Å²) < 4.78 is 32.3. The largest absolute Gasteiger partial charge is 0.519 e. The van der Waals surface area contributed by atoms with Crippen molar-refractivity contribution >= 4 is 91.3 Å². The summed E-state index contributed by atoms with van der Waals surface area (Å²) in [7, 11) is 3.14. The van der Waals surface area contributed by atoms with Gasteiger partial charge in [0.05, 0.1) is 17.9 Å². The van der Waals surface area contributed by atoms with E-state index in [9.17, 15) is 24.0 Å². The number of ether oxygens (including phenoxy) is 6. The number of pyridine rings is 2. The lowest BCUT2D eigenvalue weighted by Crippen LogP contribution is -2.39. The molecule has 61 heavy (non-hydrogen) atoms. The normalized spacial score (nSPS) is 11.0. The molecule has 0 aliphatic heterocycles. The summed E-state index contributed by atoms with van der Waals surface area (Å²) >= 11 is 7.58. The molecular weight excluding hydrogens is 1090 g/mol. The third kappa shape index (κ3) is 34.5. The maximum atomic E-state index is 12.3. The third-order valence-electron chi connectivity index (χ3n) is 6.01. The molecule has 0 aliphatic carbocycles. The Labute approximate surface area is 396 Å². The van der Waals surface area contributed by atoms with Gasteiger partial charge >= 0.3 is 18.4 Å². The van der Waals surface area contributed by atoms with Crippen LogP contribution in [0.5, 0.6) is 11.8 Å². The number of halogens is 3. The van der Waals surface area contributed by atoms with Crippen LogP contribution in [0.25, 0.3) is 0 Å². The molecule has 3 amide bonds. The molecule has 0 aliphatic rings. The number of aryl methyl sites for hydroxylation is 2. The van der Waals surface area contributed by atoms with Crippen molar-refractivity contribution < 1.29 is 52.4 Å². The second-order valence-electron chi connectivity index (χ2n) is 15.1. The predicted molar refractivity (Wildman–Crippen MR) is 255 cm³/mol. The first-order valence-electron chi connectivity index (χ1n) is 18.8. The molecule has 2 heterocycles. The van der Waals surface area contributed by atoms with E-state index in [1.54, 1.807) is 94.6 Å². The van der Waals surface area contributed by atoms with Crippen molar-refractivity contribution in [2.24, 2.45) is 5.73 Å². The number of nitrogens with two attached hydrogens (primary N) is 1. The van der Waals surface area contributed by atoms with Crippen LogP contribution in [0.1, 0.15) is 73.7 Å². The van der Waals surface area contributed by atoms with Crippen LogP contribution < -0.4 is 25.8 Å². The topological polar surface area (TPSA) is 220 Å². The molecule has 0 radical (unpaired) electrons. The van der Waals surface area contributed by atoms with Gasteiger partial charge in [-0.25, -0.2) is 24.4 Å². The summed E-state index contributed by atoms with van der Waals surface area (Å²) in [5.74, 6) is 0.861. The highest BCUT2D eigenvalue weighted by atomic mass is 127. The lowest BCUT2D eigenvalue weighted by molar-refractivity contribution is -0.116. The smallest absolute Gasteiger partial charge is 0.476 e.